The lowest BCUT2D eigenvalue weighted by Gasteiger charge is -2.32. The van der Waals surface area contributed by atoms with Gasteiger partial charge in [-0.2, -0.15) is 0 Å². The average Bonchev–Trinajstić information content (AvgIpc) is 3.56. The number of halogens is 1. The van der Waals surface area contributed by atoms with E-state index in [2.05, 4.69) is 15.6 Å². The normalized spacial score (nSPS) is 22.2. The Morgan fingerprint density at radius 1 is 1.18 bits per heavy atom. The summed E-state index contributed by atoms with van der Waals surface area (Å²) in [7, 11) is 0. The maximum atomic E-state index is 14.7. The summed E-state index contributed by atoms with van der Waals surface area (Å²) in [5.74, 6) is -1.30. The number of hydrogen-bond acceptors (Lipinski definition) is 5. The number of imidazole rings is 1. The second-order valence-corrected chi connectivity index (χ2v) is 10.6. The number of benzene rings is 1. The second kappa shape index (κ2) is 12.5. The van der Waals surface area contributed by atoms with Crippen LogP contribution in [-0.2, 0) is 29.1 Å². The zero-order valence-corrected chi connectivity index (χ0v) is 22.6. The van der Waals surface area contributed by atoms with Gasteiger partial charge in [0.1, 0.15) is 11.9 Å². The van der Waals surface area contributed by atoms with Crippen molar-refractivity contribution in [1.29, 1.82) is 0 Å². The van der Waals surface area contributed by atoms with E-state index in [9.17, 15) is 18.8 Å². The monoisotopic (exact) mass is 526 g/mol. The van der Waals surface area contributed by atoms with Crippen molar-refractivity contribution < 1.29 is 18.8 Å². The van der Waals surface area contributed by atoms with Crippen LogP contribution in [0.15, 0.2) is 30.7 Å². The molecule has 9 nitrogen and oxygen atoms in total. The Morgan fingerprint density at radius 2 is 2.00 bits per heavy atom. The van der Waals surface area contributed by atoms with Gasteiger partial charge < -0.3 is 20.1 Å². The lowest BCUT2D eigenvalue weighted by Crippen LogP contribution is -2.53. The number of carbonyl (C=O) groups excluding carboxylic acids is 3. The predicted octanol–water partition coefficient (Wildman–Crippen LogP) is 2.35. The van der Waals surface area contributed by atoms with E-state index in [-0.39, 0.29) is 35.9 Å². The second-order valence-electron chi connectivity index (χ2n) is 10.6. The molecule has 2 atom stereocenters. The molecular formula is C28H39FN6O3. The first kappa shape index (κ1) is 27.8. The highest BCUT2D eigenvalue weighted by molar-refractivity contribution is 5.98. The van der Waals surface area contributed by atoms with Gasteiger partial charge in [0.2, 0.25) is 11.8 Å². The summed E-state index contributed by atoms with van der Waals surface area (Å²) >= 11 is 0. The molecule has 3 amide bonds. The van der Waals surface area contributed by atoms with E-state index in [1.807, 2.05) is 36.4 Å². The predicted molar refractivity (Wildman–Crippen MR) is 142 cm³/mol. The first-order valence-corrected chi connectivity index (χ1v) is 13.6. The van der Waals surface area contributed by atoms with E-state index in [0.717, 1.165) is 17.8 Å². The summed E-state index contributed by atoms with van der Waals surface area (Å²) in [5, 5.41) is 6.12. The summed E-state index contributed by atoms with van der Waals surface area (Å²) in [6.07, 6.45) is 6.22. The third kappa shape index (κ3) is 6.78. The standard InChI is InChI=1S/C28H39FN6O3/c1-4-33-14-21(31-18-33)15-34-16-24(19(2)3)32-27(37)25-8-6-12-35(25)28(38)22-13-20(9-10-23(22)29)7-5-11-30-26(36)17-34/h9-10,13-14,18-19,24-25H,4-8,11-12,15-17H2,1-3H3,(H,30,36)(H,32,37)/t24-,25-/m0/s1. The van der Waals surface area contributed by atoms with Crippen molar-refractivity contribution in [2.24, 2.45) is 5.92 Å². The Bertz CT molecular complexity index is 1150. The maximum absolute atomic E-state index is 14.7. The van der Waals surface area contributed by atoms with Crippen LogP contribution in [0.3, 0.4) is 0 Å². The van der Waals surface area contributed by atoms with Gasteiger partial charge in [0, 0.05) is 45.0 Å². The minimum atomic E-state index is -0.653. The molecule has 4 rings (SSSR count). The highest BCUT2D eigenvalue weighted by Gasteiger charge is 2.37. The maximum Gasteiger partial charge on any atom is 0.257 e. The van der Waals surface area contributed by atoms with Crippen LogP contribution in [0.2, 0.25) is 0 Å². The van der Waals surface area contributed by atoms with Crippen molar-refractivity contribution in [3.05, 3.63) is 53.4 Å². The topological polar surface area (TPSA) is 99.6 Å². The van der Waals surface area contributed by atoms with Crippen molar-refractivity contribution in [2.75, 3.05) is 26.2 Å². The van der Waals surface area contributed by atoms with Crippen LogP contribution in [0.1, 0.15) is 61.6 Å². The molecule has 2 aliphatic rings. The van der Waals surface area contributed by atoms with Crippen LogP contribution in [0, 0.1) is 11.7 Å². The van der Waals surface area contributed by atoms with E-state index < -0.39 is 17.8 Å². The molecule has 0 saturated carbocycles. The first-order valence-electron chi connectivity index (χ1n) is 13.6. The highest BCUT2D eigenvalue weighted by Crippen LogP contribution is 2.23. The van der Waals surface area contributed by atoms with Crippen molar-refractivity contribution >= 4 is 17.7 Å². The van der Waals surface area contributed by atoms with E-state index in [4.69, 9.17) is 0 Å². The summed E-state index contributed by atoms with van der Waals surface area (Å²) in [4.78, 5) is 47.7. The molecule has 1 saturated heterocycles. The minimum Gasteiger partial charge on any atom is -0.355 e. The van der Waals surface area contributed by atoms with Crippen LogP contribution in [0.25, 0.3) is 0 Å². The van der Waals surface area contributed by atoms with Gasteiger partial charge in [-0.15, -0.1) is 0 Å². The van der Waals surface area contributed by atoms with Crippen LogP contribution < -0.4 is 10.6 Å². The van der Waals surface area contributed by atoms with E-state index in [1.165, 1.54) is 11.0 Å². The molecule has 206 valence electrons. The van der Waals surface area contributed by atoms with Crippen molar-refractivity contribution in [3.8, 4) is 0 Å². The minimum absolute atomic E-state index is 0.00588. The van der Waals surface area contributed by atoms with Crippen molar-refractivity contribution in [2.45, 2.75) is 71.6 Å². The zero-order chi connectivity index (χ0) is 27.2. The number of aromatic nitrogens is 2. The Kier molecular flexibility index (Phi) is 9.14. The molecule has 0 spiro atoms. The van der Waals surface area contributed by atoms with Crippen LogP contribution in [0.4, 0.5) is 4.39 Å². The molecule has 0 unspecified atom stereocenters. The number of nitrogens with zero attached hydrogens (tertiary/aromatic N) is 4. The largest absolute Gasteiger partial charge is 0.355 e. The smallest absolute Gasteiger partial charge is 0.257 e. The molecule has 1 fully saturated rings. The SMILES string of the molecule is CCn1cnc(CN2CC(=O)NCCCc3ccc(F)c(c3)C(=O)N3CCC[C@H]3C(=O)N[C@H](C(C)C)C2)c1. The molecular weight excluding hydrogens is 487 g/mol. The van der Waals surface area contributed by atoms with E-state index >= 15 is 0 Å². The van der Waals surface area contributed by atoms with E-state index in [0.29, 0.717) is 51.9 Å². The Morgan fingerprint density at radius 3 is 2.74 bits per heavy atom. The zero-order valence-electron chi connectivity index (χ0n) is 22.6. The molecule has 0 radical (unpaired) electrons. The number of fused-ring (bicyclic) bond motifs is 3. The molecule has 38 heavy (non-hydrogen) atoms. The molecule has 2 aliphatic heterocycles. The molecule has 0 aliphatic carbocycles. The van der Waals surface area contributed by atoms with Gasteiger partial charge in [-0.1, -0.05) is 19.9 Å². The molecule has 10 heteroatoms. The van der Waals surface area contributed by atoms with Crippen LogP contribution in [-0.4, -0.2) is 75.3 Å². The van der Waals surface area contributed by atoms with Gasteiger partial charge >= 0.3 is 0 Å². The van der Waals surface area contributed by atoms with Gasteiger partial charge in [-0.05, 0) is 56.2 Å². The molecule has 2 N–H and O–H groups in total. The molecule has 2 aromatic rings. The third-order valence-electron chi connectivity index (χ3n) is 7.43. The first-order chi connectivity index (χ1) is 18.2. The van der Waals surface area contributed by atoms with Crippen molar-refractivity contribution in [3.63, 3.8) is 0 Å². The summed E-state index contributed by atoms with van der Waals surface area (Å²) in [5.41, 5.74) is 1.67. The fraction of sp³-hybridized carbons (Fsp3) is 0.571. The number of rotatable bonds is 4. The van der Waals surface area contributed by atoms with Crippen LogP contribution in [0.5, 0.6) is 0 Å². The van der Waals surface area contributed by atoms with E-state index in [1.54, 1.807) is 18.5 Å². The Labute approximate surface area is 223 Å². The van der Waals surface area contributed by atoms with Gasteiger partial charge in [-0.3, -0.25) is 19.3 Å². The molecule has 1 aromatic carbocycles. The van der Waals surface area contributed by atoms with Gasteiger partial charge in [0.05, 0.1) is 24.1 Å². The number of aryl methyl sites for hydroxylation is 2. The molecule has 3 heterocycles. The Hall–Kier alpha value is -3.27. The summed E-state index contributed by atoms with van der Waals surface area (Å²) in [6.45, 7) is 8.87. The van der Waals surface area contributed by atoms with Gasteiger partial charge in [0.15, 0.2) is 0 Å². The fourth-order valence-corrected chi connectivity index (χ4v) is 5.16. The average molecular weight is 527 g/mol. The third-order valence-corrected chi connectivity index (χ3v) is 7.43. The summed E-state index contributed by atoms with van der Waals surface area (Å²) < 4.78 is 16.7. The van der Waals surface area contributed by atoms with Crippen LogP contribution >= 0.6 is 0 Å². The molecule has 1 aromatic heterocycles. The number of carbonyl (C=O) groups is 3. The molecule has 2 bridgehead atoms. The quantitative estimate of drug-likeness (QED) is 0.637. The lowest BCUT2D eigenvalue weighted by molar-refractivity contribution is -0.126. The summed E-state index contributed by atoms with van der Waals surface area (Å²) in [6, 6.07) is 3.66. The Balaban J connectivity index is 1.60. The number of nitrogens with one attached hydrogen (secondary N) is 2. The fourth-order valence-electron chi connectivity index (χ4n) is 5.16. The van der Waals surface area contributed by atoms with Crippen molar-refractivity contribution in [1.82, 2.24) is 30.0 Å². The number of amides is 3. The number of hydrogen-bond donors (Lipinski definition) is 2. The highest BCUT2D eigenvalue weighted by atomic mass is 19.1. The van der Waals surface area contributed by atoms with Gasteiger partial charge in [-0.25, -0.2) is 9.37 Å². The lowest BCUT2D eigenvalue weighted by atomic mass is 10.0. The van der Waals surface area contributed by atoms with Gasteiger partial charge in [0.25, 0.3) is 5.91 Å².